The molecular weight excluding hydrogens is 197 g/mol. The highest BCUT2D eigenvalue weighted by Crippen LogP contribution is 2.11. The summed E-state index contributed by atoms with van der Waals surface area (Å²) in [6.07, 6.45) is 3.89. The van der Waals surface area contributed by atoms with E-state index in [0.717, 1.165) is 19.4 Å². The van der Waals surface area contributed by atoms with Crippen LogP contribution in [-0.4, -0.2) is 15.8 Å². The molecule has 0 spiro atoms. The van der Waals surface area contributed by atoms with E-state index >= 15 is 0 Å². The Bertz CT molecular complexity index is 236. The van der Waals surface area contributed by atoms with Crippen LogP contribution in [-0.2, 0) is 13.0 Å². The smallest absolute Gasteiger partial charge is 0.0492 e. The van der Waals surface area contributed by atoms with E-state index in [1.165, 1.54) is 5.69 Å². The van der Waals surface area contributed by atoms with Crippen LogP contribution in [0, 0.1) is 0 Å². The second-order valence-electron chi connectivity index (χ2n) is 2.80. The number of nitrogens with two attached hydrogens (primary N) is 1. The monoisotopic (exact) mass is 209 g/mol. The molecule has 5 heteroatoms. The Hall–Kier alpha value is -0.250. The van der Waals surface area contributed by atoms with E-state index in [-0.39, 0.29) is 24.8 Å². The number of halogens is 2. The molecule has 1 atom stereocenters. The summed E-state index contributed by atoms with van der Waals surface area (Å²) in [5, 5.41) is 4.15. The van der Waals surface area contributed by atoms with E-state index in [2.05, 4.69) is 5.10 Å². The van der Waals surface area contributed by atoms with Crippen molar-refractivity contribution in [2.45, 2.75) is 25.4 Å². The maximum atomic E-state index is 5.77. The second kappa shape index (κ2) is 4.70. The number of fused-ring (bicyclic) bond motifs is 1. The summed E-state index contributed by atoms with van der Waals surface area (Å²) < 4.78 is 2.03. The molecule has 0 fully saturated rings. The summed E-state index contributed by atoms with van der Waals surface area (Å²) in [5.41, 5.74) is 7.04. The van der Waals surface area contributed by atoms with E-state index in [1.807, 2.05) is 16.9 Å². The zero-order valence-electron chi connectivity index (χ0n) is 6.64. The number of hydrogen-bond acceptors (Lipinski definition) is 2. The van der Waals surface area contributed by atoms with Crippen molar-refractivity contribution in [3.8, 4) is 0 Å². The Labute approximate surface area is 84.1 Å². The Kier molecular flexibility index (Phi) is 4.60. The average Bonchev–Trinajstić information content (AvgIpc) is 2.33. The molecule has 0 aliphatic carbocycles. The van der Waals surface area contributed by atoms with Gasteiger partial charge in [0.15, 0.2) is 0 Å². The number of nitrogens with zero attached hydrogens (tertiary/aromatic N) is 2. The normalized spacial score (nSPS) is 20.2. The van der Waals surface area contributed by atoms with Gasteiger partial charge in [0.05, 0.1) is 0 Å². The minimum atomic E-state index is 0. The lowest BCUT2D eigenvalue weighted by Gasteiger charge is -2.18. The molecule has 1 aromatic heterocycles. The highest BCUT2D eigenvalue weighted by molar-refractivity contribution is 5.85. The summed E-state index contributed by atoms with van der Waals surface area (Å²) >= 11 is 0. The molecule has 2 rings (SSSR count). The molecular formula is C7H13Cl2N3. The Morgan fingerprint density at radius 1 is 1.50 bits per heavy atom. The predicted molar refractivity (Wildman–Crippen MR) is 53.0 cm³/mol. The molecule has 12 heavy (non-hydrogen) atoms. The van der Waals surface area contributed by atoms with Gasteiger partial charge in [-0.2, -0.15) is 5.10 Å². The van der Waals surface area contributed by atoms with Crippen LogP contribution in [0.5, 0.6) is 0 Å². The Balaban J connectivity index is 0.000000605. The van der Waals surface area contributed by atoms with E-state index in [9.17, 15) is 0 Å². The number of rotatable bonds is 0. The average molecular weight is 210 g/mol. The lowest BCUT2D eigenvalue weighted by atomic mass is 10.1. The van der Waals surface area contributed by atoms with Crippen molar-refractivity contribution in [2.24, 2.45) is 5.73 Å². The second-order valence-corrected chi connectivity index (χ2v) is 2.80. The van der Waals surface area contributed by atoms with Crippen molar-refractivity contribution in [1.29, 1.82) is 0 Å². The van der Waals surface area contributed by atoms with Crippen molar-refractivity contribution in [3.05, 3.63) is 18.0 Å². The maximum Gasteiger partial charge on any atom is 0.0492 e. The molecule has 1 aliphatic heterocycles. The van der Waals surface area contributed by atoms with Gasteiger partial charge in [0.2, 0.25) is 0 Å². The standard InChI is InChI=1S/C7H11N3.2ClH/c8-6-2-4-10-7(5-6)1-3-9-10;;/h1,3,6H,2,4-5,8H2;2*1H. The third-order valence-corrected chi connectivity index (χ3v) is 1.99. The molecule has 70 valence electrons. The Morgan fingerprint density at radius 2 is 2.25 bits per heavy atom. The van der Waals surface area contributed by atoms with Crippen molar-refractivity contribution >= 4 is 24.8 Å². The molecule has 0 saturated heterocycles. The molecule has 0 radical (unpaired) electrons. The van der Waals surface area contributed by atoms with E-state index in [0.29, 0.717) is 6.04 Å². The molecule has 1 aliphatic rings. The molecule has 0 aromatic carbocycles. The quantitative estimate of drug-likeness (QED) is 0.694. The first-order chi connectivity index (χ1) is 4.86. The van der Waals surface area contributed by atoms with Crippen molar-refractivity contribution in [1.82, 2.24) is 9.78 Å². The third-order valence-electron chi connectivity index (χ3n) is 1.99. The van der Waals surface area contributed by atoms with Crippen LogP contribution >= 0.6 is 24.8 Å². The van der Waals surface area contributed by atoms with Gasteiger partial charge in [-0.25, -0.2) is 0 Å². The molecule has 0 amide bonds. The molecule has 1 aromatic rings. The van der Waals surface area contributed by atoms with E-state index in [4.69, 9.17) is 5.73 Å². The van der Waals surface area contributed by atoms with Crippen LogP contribution < -0.4 is 5.73 Å². The minimum absolute atomic E-state index is 0. The van der Waals surface area contributed by atoms with Gasteiger partial charge < -0.3 is 5.73 Å². The fourth-order valence-electron chi connectivity index (χ4n) is 1.39. The Morgan fingerprint density at radius 3 is 3.00 bits per heavy atom. The van der Waals surface area contributed by atoms with Crippen molar-refractivity contribution in [2.75, 3.05) is 0 Å². The van der Waals surface area contributed by atoms with Gasteiger partial charge in [-0.3, -0.25) is 4.68 Å². The lowest BCUT2D eigenvalue weighted by molar-refractivity contribution is 0.439. The molecule has 1 unspecified atom stereocenters. The summed E-state index contributed by atoms with van der Waals surface area (Å²) in [6.45, 7) is 0.990. The van der Waals surface area contributed by atoms with Crippen LogP contribution in [0.1, 0.15) is 12.1 Å². The minimum Gasteiger partial charge on any atom is -0.327 e. The molecule has 2 N–H and O–H groups in total. The summed E-state index contributed by atoms with van der Waals surface area (Å²) in [7, 11) is 0. The first kappa shape index (κ1) is 11.8. The highest BCUT2D eigenvalue weighted by atomic mass is 35.5. The van der Waals surface area contributed by atoms with Crippen LogP contribution in [0.2, 0.25) is 0 Å². The van der Waals surface area contributed by atoms with Gasteiger partial charge in [-0.1, -0.05) is 0 Å². The van der Waals surface area contributed by atoms with Crippen LogP contribution in [0.15, 0.2) is 12.3 Å². The topological polar surface area (TPSA) is 43.8 Å². The largest absolute Gasteiger partial charge is 0.327 e. The van der Waals surface area contributed by atoms with Crippen LogP contribution in [0.3, 0.4) is 0 Å². The first-order valence-corrected chi connectivity index (χ1v) is 3.62. The zero-order valence-corrected chi connectivity index (χ0v) is 8.27. The molecule has 3 nitrogen and oxygen atoms in total. The summed E-state index contributed by atoms with van der Waals surface area (Å²) in [4.78, 5) is 0. The van der Waals surface area contributed by atoms with Gasteiger partial charge in [0.25, 0.3) is 0 Å². The first-order valence-electron chi connectivity index (χ1n) is 3.62. The fourth-order valence-corrected chi connectivity index (χ4v) is 1.39. The van der Waals surface area contributed by atoms with Gasteiger partial charge >= 0.3 is 0 Å². The van der Waals surface area contributed by atoms with Crippen LogP contribution in [0.25, 0.3) is 0 Å². The zero-order chi connectivity index (χ0) is 6.97. The molecule has 0 bridgehead atoms. The third kappa shape index (κ3) is 2.12. The molecule has 2 heterocycles. The number of hydrogen-bond donors (Lipinski definition) is 1. The van der Waals surface area contributed by atoms with Gasteiger partial charge in [0, 0.05) is 30.9 Å². The number of aryl methyl sites for hydroxylation is 1. The van der Waals surface area contributed by atoms with Gasteiger partial charge in [0.1, 0.15) is 0 Å². The predicted octanol–water partition coefficient (Wildman–Crippen LogP) is 1.00. The number of aromatic nitrogens is 2. The SMILES string of the molecule is Cl.Cl.NC1CCn2nccc2C1. The maximum absolute atomic E-state index is 5.77. The van der Waals surface area contributed by atoms with Crippen LogP contribution in [0.4, 0.5) is 0 Å². The van der Waals surface area contributed by atoms with Gasteiger partial charge in [-0.15, -0.1) is 24.8 Å². The van der Waals surface area contributed by atoms with E-state index in [1.54, 1.807) is 0 Å². The van der Waals surface area contributed by atoms with Crippen molar-refractivity contribution in [3.63, 3.8) is 0 Å². The fraction of sp³-hybridized carbons (Fsp3) is 0.571. The lowest BCUT2D eigenvalue weighted by Crippen LogP contribution is -2.30. The highest BCUT2D eigenvalue weighted by Gasteiger charge is 2.14. The van der Waals surface area contributed by atoms with Crippen molar-refractivity contribution < 1.29 is 0 Å². The van der Waals surface area contributed by atoms with E-state index < -0.39 is 0 Å². The molecule has 0 saturated carbocycles. The summed E-state index contributed by atoms with van der Waals surface area (Å²) in [6, 6.07) is 2.39. The van der Waals surface area contributed by atoms with Gasteiger partial charge in [-0.05, 0) is 12.5 Å². The summed E-state index contributed by atoms with van der Waals surface area (Å²) in [5.74, 6) is 0.